The molecular formula is C19H24N4O2. The summed E-state index contributed by atoms with van der Waals surface area (Å²) in [4.78, 5) is 25.8. The molecular weight excluding hydrogens is 316 g/mol. The van der Waals surface area contributed by atoms with Crippen LogP contribution in [0.1, 0.15) is 56.7 Å². The normalized spacial score (nSPS) is 16.2. The molecule has 0 unspecified atom stereocenters. The lowest BCUT2D eigenvalue weighted by Gasteiger charge is -2.15. The number of carbonyl (C=O) groups excluding carboxylic acids is 2. The number of rotatable bonds is 5. The van der Waals surface area contributed by atoms with Crippen LogP contribution in [0.25, 0.3) is 0 Å². The lowest BCUT2D eigenvalue weighted by Crippen LogP contribution is -2.27. The minimum absolute atomic E-state index is 0.0390. The van der Waals surface area contributed by atoms with Crippen LogP contribution >= 0.6 is 0 Å². The van der Waals surface area contributed by atoms with Crippen LogP contribution in [0.5, 0.6) is 0 Å². The maximum Gasteiger partial charge on any atom is 0.225 e. The largest absolute Gasteiger partial charge is 0.312 e. The first kappa shape index (κ1) is 17.2. The van der Waals surface area contributed by atoms with Crippen LogP contribution in [0.3, 0.4) is 0 Å². The fraction of sp³-hybridized carbons (Fsp3) is 0.421. The third-order valence-corrected chi connectivity index (χ3v) is 4.66. The van der Waals surface area contributed by atoms with E-state index in [4.69, 9.17) is 0 Å². The average molecular weight is 340 g/mol. The Balaban J connectivity index is 1.60. The SMILES string of the molecule is CC(=O)N1C[C@H](CCC(=O)Nc2cc(C(C)C)[nH]n2)c2ccccc21. The van der Waals surface area contributed by atoms with Crippen molar-refractivity contribution in [1.82, 2.24) is 10.2 Å². The molecule has 1 aromatic heterocycles. The third kappa shape index (κ3) is 3.73. The number of para-hydroxylation sites is 1. The van der Waals surface area contributed by atoms with Gasteiger partial charge in [0.15, 0.2) is 5.82 Å². The molecule has 6 nitrogen and oxygen atoms in total. The Hall–Kier alpha value is -2.63. The smallest absolute Gasteiger partial charge is 0.225 e. The number of amides is 2. The molecule has 0 saturated carbocycles. The van der Waals surface area contributed by atoms with Crippen LogP contribution in [-0.4, -0.2) is 28.6 Å². The number of aromatic amines is 1. The van der Waals surface area contributed by atoms with Crippen molar-refractivity contribution in [3.63, 3.8) is 0 Å². The van der Waals surface area contributed by atoms with Gasteiger partial charge in [-0.2, -0.15) is 5.10 Å². The van der Waals surface area contributed by atoms with Gasteiger partial charge in [0.2, 0.25) is 11.8 Å². The molecule has 0 fully saturated rings. The highest BCUT2D eigenvalue weighted by molar-refractivity contribution is 5.94. The zero-order chi connectivity index (χ0) is 18.0. The molecule has 25 heavy (non-hydrogen) atoms. The number of hydrogen-bond donors (Lipinski definition) is 2. The van der Waals surface area contributed by atoms with E-state index >= 15 is 0 Å². The third-order valence-electron chi connectivity index (χ3n) is 4.66. The van der Waals surface area contributed by atoms with E-state index in [2.05, 4.69) is 29.4 Å². The molecule has 2 aromatic rings. The van der Waals surface area contributed by atoms with Crippen molar-refractivity contribution in [2.75, 3.05) is 16.8 Å². The Kier molecular flexibility index (Phi) is 4.88. The number of aromatic nitrogens is 2. The molecule has 0 radical (unpaired) electrons. The van der Waals surface area contributed by atoms with Gasteiger partial charge >= 0.3 is 0 Å². The van der Waals surface area contributed by atoms with E-state index in [-0.39, 0.29) is 17.7 Å². The summed E-state index contributed by atoms with van der Waals surface area (Å²) in [5.41, 5.74) is 3.11. The first-order chi connectivity index (χ1) is 12.0. The van der Waals surface area contributed by atoms with Gasteiger partial charge in [0, 0.05) is 43.3 Å². The molecule has 2 heterocycles. The second-order valence-corrected chi connectivity index (χ2v) is 6.84. The van der Waals surface area contributed by atoms with Gasteiger partial charge in [-0.15, -0.1) is 0 Å². The van der Waals surface area contributed by atoms with E-state index in [1.54, 1.807) is 11.8 Å². The van der Waals surface area contributed by atoms with Gasteiger partial charge in [0.25, 0.3) is 0 Å². The van der Waals surface area contributed by atoms with Crippen LogP contribution in [-0.2, 0) is 9.59 Å². The number of fused-ring (bicyclic) bond motifs is 1. The summed E-state index contributed by atoms with van der Waals surface area (Å²) < 4.78 is 0. The maximum absolute atomic E-state index is 12.2. The van der Waals surface area contributed by atoms with Gasteiger partial charge in [-0.1, -0.05) is 32.0 Å². The number of nitrogens with zero attached hydrogens (tertiary/aromatic N) is 2. The molecule has 132 valence electrons. The molecule has 2 N–H and O–H groups in total. The molecule has 1 aliphatic rings. The maximum atomic E-state index is 12.2. The van der Waals surface area contributed by atoms with Crippen molar-refractivity contribution in [2.45, 2.75) is 45.4 Å². The minimum atomic E-state index is -0.0550. The molecule has 1 aliphatic heterocycles. The minimum Gasteiger partial charge on any atom is -0.312 e. The summed E-state index contributed by atoms with van der Waals surface area (Å²) in [5, 5.41) is 9.89. The summed E-state index contributed by atoms with van der Waals surface area (Å²) in [7, 11) is 0. The first-order valence-electron chi connectivity index (χ1n) is 8.68. The molecule has 0 saturated heterocycles. The molecule has 3 rings (SSSR count). The Morgan fingerprint density at radius 2 is 2.12 bits per heavy atom. The molecule has 1 aromatic carbocycles. The van der Waals surface area contributed by atoms with Crippen LogP contribution in [0.2, 0.25) is 0 Å². The summed E-state index contributed by atoms with van der Waals surface area (Å²) >= 11 is 0. The van der Waals surface area contributed by atoms with E-state index in [9.17, 15) is 9.59 Å². The van der Waals surface area contributed by atoms with Gasteiger partial charge in [0.05, 0.1) is 0 Å². The Labute approximate surface area is 147 Å². The highest BCUT2D eigenvalue weighted by Gasteiger charge is 2.30. The Bertz CT molecular complexity index is 781. The predicted octanol–water partition coefficient (Wildman–Crippen LogP) is 3.40. The van der Waals surface area contributed by atoms with Gasteiger partial charge in [-0.3, -0.25) is 14.7 Å². The van der Waals surface area contributed by atoms with Crippen LogP contribution < -0.4 is 10.2 Å². The highest BCUT2D eigenvalue weighted by atomic mass is 16.2. The van der Waals surface area contributed by atoms with Crippen molar-refractivity contribution >= 4 is 23.3 Å². The van der Waals surface area contributed by atoms with Crippen molar-refractivity contribution < 1.29 is 9.59 Å². The quantitative estimate of drug-likeness (QED) is 0.875. The van der Waals surface area contributed by atoms with E-state index < -0.39 is 0 Å². The van der Waals surface area contributed by atoms with Crippen molar-refractivity contribution in [1.29, 1.82) is 0 Å². The van der Waals surface area contributed by atoms with Gasteiger partial charge in [0.1, 0.15) is 0 Å². The Morgan fingerprint density at radius 1 is 1.36 bits per heavy atom. The van der Waals surface area contributed by atoms with Crippen LogP contribution in [0.15, 0.2) is 30.3 Å². The molecule has 0 spiro atoms. The zero-order valence-corrected chi connectivity index (χ0v) is 14.9. The second-order valence-electron chi connectivity index (χ2n) is 6.84. The van der Waals surface area contributed by atoms with E-state index in [1.807, 2.05) is 30.3 Å². The number of anilines is 2. The fourth-order valence-corrected chi connectivity index (χ4v) is 3.25. The topological polar surface area (TPSA) is 78.1 Å². The Morgan fingerprint density at radius 3 is 2.80 bits per heavy atom. The molecule has 0 bridgehead atoms. The van der Waals surface area contributed by atoms with Crippen molar-refractivity contribution in [3.05, 3.63) is 41.6 Å². The zero-order valence-electron chi connectivity index (χ0n) is 14.9. The lowest BCUT2D eigenvalue weighted by atomic mass is 9.96. The number of H-pyrrole nitrogens is 1. The average Bonchev–Trinajstić information content (AvgIpc) is 3.18. The van der Waals surface area contributed by atoms with Gasteiger partial charge < -0.3 is 10.2 Å². The van der Waals surface area contributed by atoms with E-state index in [1.165, 1.54) is 0 Å². The van der Waals surface area contributed by atoms with E-state index in [0.717, 1.165) is 16.9 Å². The lowest BCUT2D eigenvalue weighted by molar-refractivity contribution is -0.116. The summed E-state index contributed by atoms with van der Waals surface area (Å²) in [5.74, 6) is 1.07. The van der Waals surface area contributed by atoms with E-state index in [0.29, 0.717) is 31.1 Å². The number of hydrogen-bond acceptors (Lipinski definition) is 3. The van der Waals surface area contributed by atoms with Gasteiger partial charge in [-0.05, 0) is 24.0 Å². The first-order valence-corrected chi connectivity index (χ1v) is 8.68. The second kappa shape index (κ2) is 7.09. The van der Waals surface area contributed by atoms with Crippen LogP contribution in [0, 0.1) is 0 Å². The molecule has 2 amide bonds. The monoisotopic (exact) mass is 340 g/mol. The number of benzene rings is 1. The number of carbonyl (C=O) groups is 2. The summed E-state index contributed by atoms with van der Waals surface area (Å²) in [6.45, 7) is 6.35. The summed E-state index contributed by atoms with van der Waals surface area (Å²) in [6, 6.07) is 9.79. The number of nitrogens with one attached hydrogen (secondary N) is 2. The summed E-state index contributed by atoms with van der Waals surface area (Å²) in [6.07, 6.45) is 1.10. The molecule has 1 atom stereocenters. The highest BCUT2D eigenvalue weighted by Crippen LogP contribution is 2.38. The standard InChI is InChI=1S/C19H24N4O2/c1-12(2)16-10-18(22-21-16)20-19(25)9-8-14-11-23(13(3)24)17-7-5-4-6-15(14)17/h4-7,10,12,14H,8-9,11H2,1-3H3,(H2,20,21,22,25)/t14-/m0/s1. The molecule has 0 aliphatic carbocycles. The predicted molar refractivity (Wildman–Crippen MR) is 97.8 cm³/mol. The van der Waals surface area contributed by atoms with Gasteiger partial charge in [-0.25, -0.2) is 0 Å². The molecule has 6 heteroatoms. The van der Waals surface area contributed by atoms with Crippen molar-refractivity contribution in [3.8, 4) is 0 Å². The fourth-order valence-electron chi connectivity index (χ4n) is 3.25. The van der Waals surface area contributed by atoms with Crippen molar-refractivity contribution in [2.24, 2.45) is 0 Å². The van der Waals surface area contributed by atoms with Crippen LogP contribution in [0.4, 0.5) is 11.5 Å².